The van der Waals surface area contributed by atoms with E-state index in [1.807, 2.05) is 0 Å². The first-order valence-electron chi connectivity index (χ1n) is 12.5. The predicted octanol–water partition coefficient (Wildman–Crippen LogP) is -2.32. The highest BCUT2D eigenvalue weighted by Gasteiger charge is 2.53. The molecule has 7 N–H and O–H groups in total. The third-order valence-corrected chi connectivity index (χ3v) is 6.12. The fourth-order valence-corrected chi connectivity index (χ4v) is 4.34. The van der Waals surface area contributed by atoms with Crippen molar-refractivity contribution in [3.8, 4) is 0 Å². The number of carbonyl (C=O) groups excluding carboxylic acids is 2. The standard InChI is InChI=1S/C23H41NO13/c1-12(27)33-20-18(31)16(29)14(6-9-25)36-23(20)37-19-17(30)15(7-10-26)35-22(21(19)34-13(2)28)32-11-5-3-4-8-24/h14-23,25-26,29-31H,3-11,24H2,1-2H3/t14-,15-,16-,17-,18+,19+,20+,21+,22-,23+/m1/s1. The van der Waals surface area contributed by atoms with Gasteiger partial charge in [-0.25, -0.2) is 0 Å². The summed E-state index contributed by atoms with van der Waals surface area (Å²) in [6.45, 7) is 2.27. The summed E-state index contributed by atoms with van der Waals surface area (Å²) in [4.78, 5) is 23.6. The number of rotatable bonds is 14. The number of esters is 2. The molecule has 10 atom stereocenters. The zero-order chi connectivity index (χ0) is 27.5. The number of carbonyl (C=O) groups is 2. The summed E-state index contributed by atoms with van der Waals surface area (Å²) >= 11 is 0. The van der Waals surface area contributed by atoms with E-state index in [4.69, 9.17) is 34.2 Å². The highest BCUT2D eigenvalue weighted by molar-refractivity contribution is 5.66. The van der Waals surface area contributed by atoms with Gasteiger partial charge in [0.25, 0.3) is 0 Å². The van der Waals surface area contributed by atoms with Crippen molar-refractivity contribution in [3.63, 3.8) is 0 Å². The van der Waals surface area contributed by atoms with Crippen LogP contribution >= 0.6 is 0 Å². The Kier molecular flexibility index (Phi) is 13.6. The molecule has 0 unspecified atom stereocenters. The molecule has 0 saturated carbocycles. The van der Waals surface area contributed by atoms with Crippen molar-refractivity contribution in [2.45, 2.75) is 107 Å². The van der Waals surface area contributed by atoms with Crippen molar-refractivity contribution in [2.75, 3.05) is 26.4 Å². The molecule has 0 aliphatic carbocycles. The summed E-state index contributed by atoms with van der Waals surface area (Å²) in [7, 11) is 0. The van der Waals surface area contributed by atoms with E-state index in [0.717, 1.165) is 26.7 Å². The summed E-state index contributed by atoms with van der Waals surface area (Å²) in [6, 6.07) is 0. The van der Waals surface area contributed by atoms with E-state index >= 15 is 0 Å². The van der Waals surface area contributed by atoms with Crippen LogP contribution in [0, 0.1) is 0 Å². The molecule has 0 aromatic heterocycles. The van der Waals surface area contributed by atoms with Crippen LogP contribution in [-0.4, -0.2) is 125 Å². The maximum Gasteiger partial charge on any atom is 0.303 e. The Balaban J connectivity index is 2.33. The van der Waals surface area contributed by atoms with Gasteiger partial charge in [-0.3, -0.25) is 9.59 Å². The van der Waals surface area contributed by atoms with Gasteiger partial charge in [0.15, 0.2) is 24.8 Å². The molecule has 0 bridgehead atoms. The van der Waals surface area contributed by atoms with Crippen molar-refractivity contribution in [2.24, 2.45) is 5.73 Å². The molecular formula is C23H41NO13. The first-order chi connectivity index (χ1) is 17.6. The zero-order valence-electron chi connectivity index (χ0n) is 21.2. The summed E-state index contributed by atoms with van der Waals surface area (Å²) in [6.07, 6.45) is -11.5. The van der Waals surface area contributed by atoms with Gasteiger partial charge in [0.1, 0.15) is 24.4 Å². The molecule has 0 radical (unpaired) electrons. The van der Waals surface area contributed by atoms with Gasteiger partial charge in [0.2, 0.25) is 0 Å². The van der Waals surface area contributed by atoms with Crippen molar-refractivity contribution >= 4 is 11.9 Å². The molecular weight excluding hydrogens is 498 g/mol. The number of aliphatic hydroxyl groups excluding tert-OH is 5. The molecule has 14 heteroatoms. The quantitative estimate of drug-likeness (QED) is 0.101. The van der Waals surface area contributed by atoms with Crippen LogP contribution in [0.25, 0.3) is 0 Å². The lowest BCUT2D eigenvalue weighted by molar-refractivity contribution is -0.359. The van der Waals surface area contributed by atoms with Crippen molar-refractivity contribution in [3.05, 3.63) is 0 Å². The van der Waals surface area contributed by atoms with E-state index < -0.39 is 73.4 Å². The molecule has 14 nitrogen and oxygen atoms in total. The Morgan fingerprint density at radius 1 is 0.757 bits per heavy atom. The number of hydrogen-bond acceptors (Lipinski definition) is 14. The topological polar surface area (TPSA) is 217 Å². The molecule has 2 rings (SSSR count). The molecule has 0 aromatic rings. The van der Waals surface area contributed by atoms with Gasteiger partial charge in [0.05, 0.1) is 12.2 Å². The Morgan fingerprint density at radius 3 is 1.89 bits per heavy atom. The van der Waals surface area contributed by atoms with Gasteiger partial charge in [0, 0.05) is 33.7 Å². The SMILES string of the molecule is CC(=O)O[C@@H]1[C@H](O[C@H]2[C@H](O)[C@@H](CCO)O[C@@H](OCCCCCN)[C@H]2OC(C)=O)O[C@H](CCO)[C@@H](O)[C@@H]1O. The van der Waals surface area contributed by atoms with Crippen LogP contribution in [-0.2, 0) is 38.0 Å². The van der Waals surface area contributed by atoms with Gasteiger partial charge in [-0.2, -0.15) is 0 Å². The minimum atomic E-state index is -1.65. The van der Waals surface area contributed by atoms with Gasteiger partial charge < -0.3 is 59.7 Å². The Labute approximate surface area is 215 Å². The second-order valence-corrected chi connectivity index (χ2v) is 9.05. The van der Waals surface area contributed by atoms with Crippen LogP contribution in [0.15, 0.2) is 0 Å². The molecule has 2 aliphatic heterocycles. The zero-order valence-corrected chi connectivity index (χ0v) is 21.2. The summed E-state index contributed by atoms with van der Waals surface area (Å²) in [5, 5.41) is 50.9. The molecule has 0 amide bonds. The molecule has 2 aliphatic rings. The van der Waals surface area contributed by atoms with E-state index in [9.17, 15) is 35.1 Å². The number of ether oxygens (including phenoxy) is 6. The van der Waals surface area contributed by atoms with Gasteiger partial charge in [-0.15, -0.1) is 0 Å². The molecule has 2 saturated heterocycles. The maximum atomic E-state index is 11.9. The number of hydrogen-bond donors (Lipinski definition) is 6. The lowest BCUT2D eigenvalue weighted by Crippen LogP contribution is -2.65. The van der Waals surface area contributed by atoms with Crippen LogP contribution in [0.1, 0.15) is 46.0 Å². The van der Waals surface area contributed by atoms with Gasteiger partial charge >= 0.3 is 11.9 Å². The summed E-state index contributed by atoms with van der Waals surface area (Å²) in [5.41, 5.74) is 5.51. The largest absolute Gasteiger partial charge is 0.454 e. The van der Waals surface area contributed by atoms with Crippen LogP contribution in [0.5, 0.6) is 0 Å². The Morgan fingerprint density at radius 2 is 1.32 bits per heavy atom. The molecule has 0 spiro atoms. The van der Waals surface area contributed by atoms with Crippen LogP contribution in [0.2, 0.25) is 0 Å². The Bertz CT molecular complexity index is 698. The van der Waals surface area contributed by atoms with Crippen molar-refractivity contribution in [1.82, 2.24) is 0 Å². The van der Waals surface area contributed by atoms with Gasteiger partial charge in [-0.1, -0.05) is 0 Å². The lowest BCUT2D eigenvalue weighted by Gasteiger charge is -2.47. The van der Waals surface area contributed by atoms with Crippen LogP contribution < -0.4 is 5.73 Å². The summed E-state index contributed by atoms with van der Waals surface area (Å²) < 4.78 is 33.9. The van der Waals surface area contributed by atoms with E-state index in [-0.39, 0.29) is 32.7 Å². The second-order valence-electron chi connectivity index (χ2n) is 9.05. The van der Waals surface area contributed by atoms with E-state index in [1.165, 1.54) is 0 Å². The van der Waals surface area contributed by atoms with E-state index in [1.54, 1.807) is 0 Å². The normalized spacial score (nSPS) is 36.2. The Hall–Kier alpha value is -1.46. The van der Waals surface area contributed by atoms with Crippen molar-refractivity contribution in [1.29, 1.82) is 0 Å². The number of nitrogens with two attached hydrogens (primary N) is 1. The molecule has 0 aromatic carbocycles. The van der Waals surface area contributed by atoms with Crippen LogP contribution in [0.4, 0.5) is 0 Å². The fourth-order valence-electron chi connectivity index (χ4n) is 4.34. The minimum absolute atomic E-state index is 0.00573. The van der Waals surface area contributed by atoms with Crippen LogP contribution in [0.3, 0.4) is 0 Å². The highest BCUT2D eigenvalue weighted by atomic mass is 16.8. The number of unbranched alkanes of at least 4 members (excludes halogenated alkanes) is 2. The third kappa shape index (κ3) is 9.06. The first kappa shape index (κ1) is 31.8. The second kappa shape index (κ2) is 15.8. The third-order valence-electron chi connectivity index (χ3n) is 6.12. The predicted molar refractivity (Wildman–Crippen MR) is 124 cm³/mol. The molecule has 216 valence electrons. The van der Waals surface area contributed by atoms with Crippen molar-refractivity contribution < 1.29 is 63.5 Å². The minimum Gasteiger partial charge on any atom is -0.454 e. The van der Waals surface area contributed by atoms with E-state index in [2.05, 4.69) is 0 Å². The first-order valence-corrected chi connectivity index (χ1v) is 12.5. The highest BCUT2D eigenvalue weighted by Crippen LogP contribution is 2.33. The molecule has 37 heavy (non-hydrogen) atoms. The monoisotopic (exact) mass is 539 g/mol. The van der Waals surface area contributed by atoms with E-state index in [0.29, 0.717) is 13.0 Å². The smallest absolute Gasteiger partial charge is 0.303 e. The fraction of sp³-hybridized carbons (Fsp3) is 0.913. The maximum absolute atomic E-state index is 11.9. The van der Waals surface area contributed by atoms with Gasteiger partial charge in [-0.05, 0) is 38.6 Å². The molecule has 2 heterocycles. The molecule has 2 fully saturated rings. The number of aliphatic hydroxyl groups is 5. The average Bonchev–Trinajstić information content (AvgIpc) is 2.84. The summed E-state index contributed by atoms with van der Waals surface area (Å²) in [5.74, 6) is -1.52. The average molecular weight is 540 g/mol. The lowest BCUT2D eigenvalue weighted by atomic mass is 9.94.